The molecule has 1 aliphatic heterocycles. The summed E-state index contributed by atoms with van der Waals surface area (Å²) in [4.78, 5) is 32.3. The van der Waals surface area contributed by atoms with Crippen LogP contribution in [-0.4, -0.2) is 36.0 Å². The summed E-state index contributed by atoms with van der Waals surface area (Å²) in [5.41, 5.74) is 1.32. The molecule has 4 aromatic rings. The number of aliphatic hydroxyl groups is 1. The van der Waals surface area contributed by atoms with Crippen molar-refractivity contribution in [2.45, 2.75) is 13.0 Å². The minimum absolute atomic E-state index is 0.0392. The lowest BCUT2D eigenvalue weighted by Crippen LogP contribution is -2.29. The maximum atomic E-state index is 13.9. The minimum atomic E-state index is -1.10. The number of amides is 1. The van der Waals surface area contributed by atoms with Gasteiger partial charge in [0.1, 0.15) is 17.3 Å². The number of anilines is 1. The molecular formula is C27H19ClF2N2O5S. The van der Waals surface area contributed by atoms with Gasteiger partial charge in [0.05, 0.1) is 46.6 Å². The highest BCUT2D eigenvalue weighted by molar-refractivity contribution is 7.22. The van der Waals surface area contributed by atoms with E-state index in [1.165, 1.54) is 26.4 Å². The zero-order valence-electron chi connectivity index (χ0n) is 20.2. The quantitative estimate of drug-likeness (QED) is 0.179. The van der Waals surface area contributed by atoms with E-state index in [1.807, 2.05) is 13.0 Å². The van der Waals surface area contributed by atoms with Crippen LogP contribution >= 0.6 is 22.9 Å². The van der Waals surface area contributed by atoms with Crippen LogP contribution < -0.4 is 14.4 Å². The topological polar surface area (TPSA) is 89.0 Å². The molecule has 194 valence electrons. The summed E-state index contributed by atoms with van der Waals surface area (Å²) in [5.74, 6) is -4.16. The summed E-state index contributed by atoms with van der Waals surface area (Å²) in [6.07, 6.45) is 0. The first-order valence-corrected chi connectivity index (χ1v) is 12.4. The largest absolute Gasteiger partial charge is 0.507 e. The van der Waals surface area contributed by atoms with Crippen molar-refractivity contribution in [3.63, 3.8) is 0 Å². The second kappa shape index (κ2) is 9.70. The Hall–Kier alpha value is -4.02. The highest BCUT2D eigenvalue weighted by Crippen LogP contribution is 2.46. The summed E-state index contributed by atoms with van der Waals surface area (Å²) in [6.45, 7) is 1.84. The molecule has 0 radical (unpaired) electrons. The first-order valence-electron chi connectivity index (χ1n) is 11.2. The van der Waals surface area contributed by atoms with Crippen molar-refractivity contribution in [2.75, 3.05) is 19.1 Å². The van der Waals surface area contributed by atoms with Crippen LogP contribution in [0.15, 0.2) is 54.1 Å². The predicted octanol–water partition coefficient (Wildman–Crippen LogP) is 6.18. The maximum absolute atomic E-state index is 13.9. The van der Waals surface area contributed by atoms with E-state index in [0.29, 0.717) is 5.56 Å². The summed E-state index contributed by atoms with van der Waals surface area (Å²) in [5, 5.41) is 11.7. The van der Waals surface area contributed by atoms with E-state index < -0.39 is 35.1 Å². The van der Waals surface area contributed by atoms with Crippen molar-refractivity contribution in [3.05, 3.63) is 87.5 Å². The average Bonchev–Trinajstić information content (AvgIpc) is 3.41. The van der Waals surface area contributed by atoms with Crippen molar-refractivity contribution in [1.82, 2.24) is 4.98 Å². The van der Waals surface area contributed by atoms with Gasteiger partial charge in [0.2, 0.25) is 0 Å². The van der Waals surface area contributed by atoms with Gasteiger partial charge in [0, 0.05) is 12.1 Å². The number of aryl methyl sites for hydroxylation is 1. The van der Waals surface area contributed by atoms with Crippen molar-refractivity contribution in [3.8, 4) is 11.5 Å². The van der Waals surface area contributed by atoms with Crippen LogP contribution in [0.4, 0.5) is 13.9 Å². The Bertz CT molecular complexity index is 1630. The number of carbonyl (C=O) groups excluding carboxylic acids is 2. The van der Waals surface area contributed by atoms with E-state index in [1.54, 1.807) is 18.2 Å². The number of benzene rings is 3. The first kappa shape index (κ1) is 25.6. The van der Waals surface area contributed by atoms with Gasteiger partial charge in [-0.1, -0.05) is 52.8 Å². The number of halogens is 3. The molecule has 0 saturated carbocycles. The zero-order chi connectivity index (χ0) is 27.3. The van der Waals surface area contributed by atoms with Crippen LogP contribution in [-0.2, 0) is 9.59 Å². The molecule has 11 heteroatoms. The number of fused-ring (bicyclic) bond motifs is 1. The number of hydrogen-bond acceptors (Lipinski definition) is 7. The lowest BCUT2D eigenvalue weighted by molar-refractivity contribution is -0.132. The number of aliphatic hydroxyl groups excluding tert-OH is 1. The fraction of sp³-hybridized carbons (Fsp3) is 0.148. The monoisotopic (exact) mass is 556 g/mol. The molecule has 5 rings (SSSR count). The molecule has 1 unspecified atom stereocenters. The van der Waals surface area contributed by atoms with Gasteiger partial charge >= 0.3 is 5.91 Å². The summed E-state index contributed by atoms with van der Waals surface area (Å²) in [7, 11) is 2.79. The molecule has 0 spiro atoms. The normalized spacial score (nSPS) is 16.9. The Balaban J connectivity index is 1.77. The smallest absolute Gasteiger partial charge is 0.301 e. The average molecular weight is 557 g/mol. The number of carbonyl (C=O) groups is 2. The summed E-state index contributed by atoms with van der Waals surface area (Å²) in [6, 6.07) is 10.7. The molecule has 1 N–H and O–H groups in total. The van der Waals surface area contributed by atoms with Gasteiger partial charge in [-0.25, -0.2) is 13.8 Å². The number of Topliss-reactive ketones (excluding diaryl/α,β-unsaturated/α-hetero) is 1. The number of rotatable bonds is 5. The Morgan fingerprint density at radius 2 is 1.76 bits per heavy atom. The van der Waals surface area contributed by atoms with Crippen LogP contribution in [0, 0.1) is 18.6 Å². The fourth-order valence-corrected chi connectivity index (χ4v) is 5.63. The van der Waals surface area contributed by atoms with E-state index in [0.717, 1.165) is 33.9 Å². The fourth-order valence-electron chi connectivity index (χ4n) is 4.39. The van der Waals surface area contributed by atoms with Crippen LogP contribution in [0.3, 0.4) is 0 Å². The van der Waals surface area contributed by atoms with Gasteiger partial charge in [-0.2, -0.15) is 0 Å². The van der Waals surface area contributed by atoms with Gasteiger partial charge in [-0.15, -0.1) is 0 Å². The Morgan fingerprint density at radius 3 is 2.45 bits per heavy atom. The molecule has 1 amide bonds. The third-order valence-electron chi connectivity index (χ3n) is 6.16. The van der Waals surface area contributed by atoms with E-state index in [9.17, 15) is 23.5 Å². The molecule has 38 heavy (non-hydrogen) atoms. The molecule has 1 saturated heterocycles. The predicted molar refractivity (Wildman–Crippen MR) is 140 cm³/mol. The van der Waals surface area contributed by atoms with Gasteiger partial charge in [-0.05, 0) is 24.6 Å². The van der Waals surface area contributed by atoms with Crippen LogP contribution in [0.25, 0.3) is 16.0 Å². The Kier molecular flexibility index (Phi) is 6.54. The minimum Gasteiger partial charge on any atom is -0.507 e. The maximum Gasteiger partial charge on any atom is 0.301 e. The summed E-state index contributed by atoms with van der Waals surface area (Å²) >= 11 is 7.22. The number of methoxy groups -OCH3 is 2. The number of hydrogen-bond donors (Lipinski definition) is 1. The lowest BCUT2D eigenvalue weighted by atomic mass is 9.94. The van der Waals surface area contributed by atoms with Gasteiger partial charge in [0.25, 0.3) is 5.78 Å². The number of ether oxygens (including phenoxy) is 2. The number of nitrogens with zero attached hydrogens (tertiary/aromatic N) is 2. The SMILES string of the molecule is COc1cc(OC)c(/C(O)=C2\C(=O)C(=O)N(c3nc4cc(F)c(F)cc4s3)C2c2cccc(C)c2)cc1Cl. The molecule has 0 aliphatic carbocycles. The Labute approximate surface area is 224 Å². The molecule has 1 atom stereocenters. The first-order chi connectivity index (χ1) is 18.1. The van der Waals surface area contributed by atoms with Crippen molar-refractivity contribution >= 4 is 55.7 Å². The molecule has 2 heterocycles. The van der Waals surface area contributed by atoms with Crippen molar-refractivity contribution in [2.24, 2.45) is 0 Å². The molecular weight excluding hydrogens is 538 g/mol. The number of aromatic nitrogens is 1. The van der Waals surface area contributed by atoms with Crippen LogP contribution in [0.5, 0.6) is 11.5 Å². The number of thiazole rings is 1. The molecule has 0 bridgehead atoms. The van der Waals surface area contributed by atoms with Crippen molar-refractivity contribution in [1.29, 1.82) is 0 Å². The molecule has 1 fully saturated rings. The molecule has 7 nitrogen and oxygen atoms in total. The van der Waals surface area contributed by atoms with Gasteiger partial charge in [0.15, 0.2) is 16.8 Å². The second-order valence-corrected chi connectivity index (χ2v) is 9.92. The zero-order valence-corrected chi connectivity index (χ0v) is 21.8. The van der Waals surface area contributed by atoms with Crippen molar-refractivity contribution < 1.29 is 33.0 Å². The summed E-state index contributed by atoms with van der Waals surface area (Å²) < 4.78 is 38.6. The van der Waals surface area contributed by atoms with Gasteiger partial charge in [-0.3, -0.25) is 14.5 Å². The highest BCUT2D eigenvalue weighted by atomic mass is 35.5. The van der Waals surface area contributed by atoms with E-state index in [-0.39, 0.29) is 43.0 Å². The molecule has 3 aromatic carbocycles. The third-order valence-corrected chi connectivity index (χ3v) is 7.47. The van der Waals surface area contributed by atoms with E-state index in [4.69, 9.17) is 21.1 Å². The van der Waals surface area contributed by atoms with E-state index >= 15 is 0 Å². The lowest BCUT2D eigenvalue weighted by Gasteiger charge is -2.23. The van der Waals surface area contributed by atoms with Crippen LogP contribution in [0.2, 0.25) is 5.02 Å². The second-order valence-electron chi connectivity index (χ2n) is 8.50. The standard InChI is InChI=1S/C27H19ClF2N2O5S/c1-12-5-4-6-13(7-12)23-22(24(33)14-8-15(28)20(37-3)11-19(14)36-2)25(34)26(35)32(23)27-31-18-9-16(29)17(30)10-21(18)38-27/h4-11,23,33H,1-3H3/b24-22+. The third kappa shape index (κ3) is 4.15. The molecule has 1 aliphatic rings. The van der Waals surface area contributed by atoms with E-state index in [2.05, 4.69) is 4.98 Å². The van der Waals surface area contributed by atoms with Gasteiger partial charge < -0.3 is 14.6 Å². The number of ketones is 1. The highest BCUT2D eigenvalue weighted by Gasteiger charge is 2.48. The Morgan fingerprint density at radius 1 is 1.05 bits per heavy atom. The molecule has 1 aromatic heterocycles. The van der Waals surface area contributed by atoms with Crippen LogP contribution in [0.1, 0.15) is 22.7 Å².